The van der Waals surface area contributed by atoms with Crippen LogP contribution in [0, 0.1) is 17.8 Å². The summed E-state index contributed by atoms with van der Waals surface area (Å²) >= 11 is 0. The fraction of sp³-hybridized carbons (Fsp3) is 0.588. The summed E-state index contributed by atoms with van der Waals surface area (Å²) in [5.74, 6) is 0.779. The molecule has 1 saturated carbocycles. The number of benzene rings is 2. The standard InChI is InChI=1S/C34H48O4/c1-5-10-25(3)22-27-14-18-30(19-15-27)33(35)37-24-32(29-12-8-7-9-13-29)38-34(36)31-20-16-28(17-21-31)23-26(4)11-6-2/h14-21,25-26,29,32H,5-13,22-24H2,1-4H3/t25-,26-,32?/m1/s1. The molecule has 1 aliphatic rings. The van der Waals surface area contributed by atoms with Gasteiger partial charge in [0.2, 0.25) is 0 Å². The van der Waals surface area contributed by atoms with E-state index in [1.165, 1.54) is 43.2 Å². The third-order valence-corrected chi connectivity index (χ3v) is 7.92. The van der Waals surface area contributed by atoms with Crippen LogP contribution in [0.1, 0.15) is 117 Å². The van der Waals surface area contributed by atoms with Crippen molar-refractivity contribution in [1.82, 2.24) is 0 Å². The second-order valence-electron chi connectivity index (χ2n) is 11.5. The molecule has 0 radical (unpaired) electrons. The summed E-state index contributed by atoms with van der Waals surface area (Å²) in [5, 5.41) is 0. The van der Waals surface area contributed by atoms with Gasteiger partial charge in [-0.2, -0.15) is 0 Å². The van der Waals surface area contributed by atoms with Crippen molar-refractivity contribution < 1.29 is 19.1 Å². The molecule has 2 aromatic carbocycles. The minimum Gasteiger partial charge on any atom is -0.458 e. The highest BCUT2D eigenvalue weighted by Crippen LogP contribution is 2.29. The highest BCUT2D eigenvalue weighted by molar-refractivity contribution is 5.90. The van der Waals surface area contributed by atoms with Gasteiger partial charge >= 0.3 is 11.9 Å². The molecule has 0 saturated heterocycles. The van der Waals surface area contributed by atoms with Crippen molar-refractivity contribution in [2.75, 3.05) is 6.61 Å². The van der Waals surface area contributed by atoms with Crippen molar-refractivity contribution in [2.45, 2.75) is 104 Å². The van der Waals surface area contributed by atoms with Crippen LogP contribution in [-0.2, 0) is 22.3 Å². The molecule has 1 unspecified atom stereocenters. The number of hydrogen-bond acceptors (Lipinski definition) is 4. The minimum absolute atomic E-state index is 0.0944. The molecule has 0 N–H and O–H groups in total. The number of carbonyl (C=O) groups is 2. The smallest absolute Gasteiger partial charge is 0.338 e. The van der Waals surface area contributed by atoms with Gasteiger partial charge in [-0.15, -0.1) is 0 Å². The van der Waals surface area contributed by atoms with Crippen LogP contribution in [0.25, 0.3) is 0 Å². The molecule has 4 heteroatoms. The predicted molar refractivity (Wildman–Crippen MR) is 154 cm³/mol. The number of esters is 2. The Kier molecular flexibility index (Phi) is 12.4. The first-order valence-electron chi connectivity index (χ1n) is 15.0. The highest BCUT2D eigenvalue weighted by Gasteiger charge is 2.29. The Bertz CT molecular complexity index is 973. The summed E-state index contributed by atoms with van der Waals surface area (Å²) in [6.07, 6.45) is 11.8. The topological polar surface area (TPSA) is 52.6 Å². The summed E-state index contributed by atoms with van der Waals surface area (Å²) in [7, 11) is 0. The van der Waals surface area contributed by atoms with E-state index in [1.54, 1.807) is 0 Å². The second kappa shape index (κ2) is 15.7. The number of hydrogen-bond donors (Lipinski definition) is 0. The quantitative estimate of drug-likeness (QED) is 0.234. The van der Waals surface area contributed by atoms with E-state index in [4.69, 9.17) is 9.47 Å². The maximum atomic E-state index is 13.1. The van der Waals surface area contributed by atoms with Crippen molar-refractivity contribution in [3.63, 3.8) is 0 Å². The van der Waals surface area contributed by atoms with Crippen LogP contribution in [0.2, 0.25) is 0 Å². The third kappa shape index (κ3) is 9.60. The van der Waals surface area contributed by atoms with Crippen molar-refractivity contribution in [3.8, 4) is 0 Å². The number of rotatable bonds is 14. The molecule has 3 atom stereocenters. The molecule has 3 rings (SSSR count). The predicted octanol–water partition coefficient (Wildman–Crippen LogP) is 8.61. The molecule has 0 aliphatic heterocycles. The van der Waals surface area contributed by atoms with Gasteiger partial charge in [0.1, 0.15) is 12.7 Å². The Labute approximate surface area is 230 Å². The van der Waals surface area contributed by atoms with Crippen LogP contribution in [0.15, 0.2) is 48.5 Å². The van der Waals surface area contributed by atoms with Gasteiger partial charge in [0.05, 0.1) is 11.1 Å². The van der Waals surface area contributed by atoms with Crippen molar-refractivity contribution >= 4 is 11.9 Å². The van der Waals surface area contributed by atoms with E-state index in [-0.39, 0.29) is 24.5 Å². The summed E-state index contributed by atoms with van der Waals surface area (Å²) in [5.41, 5.74) is 3.57. The van der Waals surface area contributed by atoms with Gasteiger partial charge in [-0.05, 0) is 78.8 Å². The molecule has 0 bridgehead atoms. The van der Waals surface area contributed by atoms with Gasteiger partial charge in [-0.3, -0.25) is 0 Å². The Morgan fingerprint density at radius 2 is 1.21 bits per heavy atom. The van der Waals surface area contributed by atoms with Crippen molar-refractivity contribution in [2.24, 2.45) is 17.8 Å². The summed E-state index contributed by atoms with van der Waals surface area (Å²) in [6.45, 7) is 9.04. The second-order valence-corrected chi connectivity index (χ2v) is 11.5. The molecule has 0 aromatic heterocycles. The van der Waals surface area contributed by atoms with Gasteiger partial charge in [0.25, 0.3) is 0 Å². The van der Waals surface area contributed by atoms with Crippen LogP contribution in [0.5, 0.6) is 0 Å². The molecule has 0 spiro atoms. The van der Waals surface area contributed by atoms with Crippen molar-refractivity contribution in [3.05, 3.63) is 70.8 Å². The fourth-order valence-corrected chi connectivity index (χ4v) is 5.77. The van der Waals surface area contributed by atoms with Gasteiger partial charge in [0, 0.05) is 0 Å². The van der Waals surface area contributed by atoms with E-state index in [2.05, 4.69) is 27.7 Å². The lowest BCUT2D eigenvalue weighted by atomic mass is 9.85. The third-order valence-electron chi connectivity index (χ3n) is 7.92. The van der Waals surface area contributed by atoms with Crippen LogP contribution >= 0.6 is 0 Å². The fourth-order valence-electron chi connectivity index (χ4n) is 5.77. The van der Waals surface area contributed by atoms with Gasteiger partial charge in [0.15, 0.2) is 0 Å². The van der Waals surface area contributed by atoms with Crippen molar-refractivity contribution in [1.29, 1.82) is 0 Å². The molecular formula is C34H48O4. The molecule has 0 amide bonds. The first kappa shape index (κ1) is 29.9. The molecule has 1 fully saturated rings. The van der Waals surface area contributed by atoms with E-state index in [1.807, 2.05) is 48.5 Å². The first-order chi connectivity index (χ1) is 18.4. The molecule has 0 heterocycles. The van der Waals surface area contributed by atoms with E-state index in [9.17, 15) is 9.59 Å². The Balaban J connectivity index is 1.59. The minimum atomic E-state index is -0.426. The van der Waals surface area contributed by atoms with E-state index in [0.717, 1.165) is 38.5 Å². The zero-order chi connectivity index (χ0) is 27.3. The van der Waals surface area contributed by atoms with E-state index in [0.29, 0.717) is 23.0 Å². The first-order valence-corrected chi connectivity index (χ1v) is 15.0. The van der Waals surface area contributed by atoms with Crippen LogP contribution in [0.4, 0.5) is 0 Å². The zero-order valence-electron chi connectivity index (χ0n) is 24.0. The Morgan fingerprint density at radius 3 is 1.68 bits per heavy atom. The monoisotopic (exact) mass is 520 g/mol. The lowest BCUT2D eigenvalue weighted by Gasteiger charge is -2.29. The SMILES string of the molecule is CCC[C@@H](C)Cc1ccc(C(=O)OCC(OC(=O)c2ccc(C[C@H](C)CCC)cc2)C2CCCCC2)cc1. The lowest BCUT2D eigenvalue weighted by Crippen LogP contribution is -2.33. The largest absolute Gasteiger partial charge is 0.458 e. The lowest BCUT2D eigenvalue weighted by molar-refractivity contribution is -0.0247. The van der Waals surface area contributed by atoms with Gasteiger partial charge in [-0.25, -0.2) is 9.59 Å². The Morgan fingerprint density at radius 1 is 0.737 bits per heavy atom. The van der Waals surface area contributed by atoms with Crippen LogP contribution < -0.4 is 0 Å². The molecule has 1 aliphatic carbocycles. The van der Waals surface area contributed by atoms with Crippen LogP contribution in [0.3, 0.4) is 0 Å². The Hall–Kier alpha value is -2.62. The highest BCUT2D eigenvalue weighted by atomic mass is 16.6. The zero-order valence-corrected chi connectivity index (χ0v) is 24.0. The number of carbonyl (C=O) groups excluding carboxylic acids is 2. The summed E-state index contributed by atoms with van der Waals surface area (Å²) in [4.78, 5) is 25.9. The molecular weight excluding hydrogens is 472 g/mol. The molecule has 208 valence electrons. The van der Waals surface area contributed by atoms with E-state index < -0.39 is 6.10 Å². The molecule has 38 heavy (non-hydrogen) atoms. The molecule has 4 nitrogen and oxygen atoms in total. The van der Waals surface area contributed by atoms with E-state index >= 15 is 0 Å². The van der Waals surface area contributed by atoms with Crippen LogP contribution in [-0.4, -0.2) is 24.6 Å². The maximum Gasteiger partial charge on any atom is 0.338 e. The summed E-state index contributed by atoms with van der Waals surface area (Å²) in [6, 6.07) is 15.5. The van der Waals surface area contributed by atoms with Gasteiger partial charge < -0.3 is 9.47 Å². The number of ether oxygens (including phenoxy) is 2. The average molecular weight is 521 g/mol. The summed E-state index contributed by atoms with van der Waals surface area (Å²) < 4.78 is 11.7. The average Bonchev–Trinajstić information content (AvgIpc) is 2.92. The molecule has 2 aromatic rings. The van der Waals surface area contributed by atoms with Gasteiger partial charge in [-0.1, -0.05) is 96.9 Å². The normalized spacial score (nSPS) is 16.4. The maximum absolute atomic E-state index is 13.1.